The molecule has 20 rings (SSSR count). The van der Waals surface area contributed by atoms with Crippen molar-refractivity contribution in [1.82, 2.24) is 0 Å². The summed E-state index contributed by atoms with van der Waals surface area (Å²) in [6.45, 7) is 0. The van der Waals surface area contributed by atoms with Gasteiger partial charge in [-0.15, -0.1) is 0 Å². The van der Waals surface area contributed by atoms with Crippen molar-refractivity contribution in [3.8, 4) is 11.1 Å². The van der Waals surface area contributed by atoms with Crippen LogP contribution in [0.3, 0.4) is 0 Å². The summed E-state index contributed by atoms with van der Waals surface area (Å²) in [6.07, 6.45) is 0. The fourth-order valence-corrected chi connectivity index (χ4v) is 24.8. The van der Waals surface area contributed by atoms with Crippen molar-refractivity contribution < 1.29 is 39.3 Å². The number of para-hydroxylation sites is 4. The van der Waals surface area contributed by atoms with Gasteiger partial charge in [0.2, 0.25) is 0 Å². The van der Waals surface area contributed by atoms with Gasteiger partial charge in [0.05, 0.1) is 0 Å². The Morgan fingerprint density at radius 1 is 0.223 bits per heavy atom. The molecule has 13 heteroatoms. The van der Waals surface area contributed by atoms with E-state index in [4.69, 9.17) is 8.83 Å². The first-order valence-electron chi connectivity index (χ1n) is 39.3. The summed E-state index contributed by atoms with van der Waals surface area (Å²) in [7, 11) is -3.29. The van der Waals surface area contributed by atoms with E-state index in [0.717, 1.165) is 53.0 Å². The first kappa shape index (κ1) is 88.4. The molecule has 0 spiro atoms. The van der Waals surface area contributed by atoms with Gasteiger partial charge in [0.1, 0.15) is 22.3 Å². The van der Waals surface area contributed by atoms with Gasteiger partial charge in [-0.05, 0) is 166 Å². The molecule has 18 aromatic carbocycles. The molecule has 2 N–H and O–H groups in total. The van der Waals surface area contributed by atoms with E-state index in [1.165, 1.54) is 72.6 Å². The summed E-state index contributed by atoms with van der Waals surface area (Å²) in [4.78, 5) is 0. The average Bonchev–Trinajstić information content (AvgIpc) is 1.68. The molecule has 0 saturated heterocycles. The van der Waals surface area contributed by atoms with E-state index in [1.807, 2.05) is 72.8 Å². The number of halogens is 3. The van der Waals surface area contributed by atoms with Crippen molar-refractivity contribution in [1.29, 1.82) is 0 Å². The third-order valence-corrected chi connectivity index (χ3v) is 30.6. The maximum atomic E-state index is 9.24. The summed E-state index contributed by atoms with van der Waals surface area (Å²) in [5.41, 5.74) is 5.86. The minimum Gasteiger partial charge on any atom is -0.456 e. The zero-order chi connectivity index (χ0) is 82.3. The van der Waals surface area contributed by atoms with E-state index in [1.54, 1.807) is 12.1 Å². The molecule has 0 aliphatic carbocycles. The Bertz CT molecular complexity index is 5570. The molecule has 121 heavy (non-hydrogen) atoms. The Morgan fingerprint density at radius 2 is 0.446 bits per heavy atom. The smallest absolute Gasteiger partial charge is 0.456 e. The Labute approximate surface area is 759 Å². The molecule has 0 aliphatic heterocycles. The fourth-order valence-electron chi connectivity index (χ4n) is 13.8. The Hall–Kier alpha value is -10.4. The van der Waals surface area contributed by atoms with Crippen LogP contribution in [-0.2, 0) is 20.4 Å². The van der Waals surface area contributed by atoms with E-state index >= 15 is 0 Å². The minimum absolute atomic E-state index is 0. The first-order valence-corrected chi connectivity index (χ1v) is 47.4. The number of rotatable bonds is 14. The summed E-state index contributed by atoms with van der Waals surface area (Å²) in [6, 6.07) is 173. The zero-order valence-corrected chi connectivity index (χ0v) is 76.3. The topological polar surface area (TPSA) is 66.7 Å². The molecule has 20 aromatic rings. The van der Waals surface area contributed by atoms with E-state index in [2.05, 4.69) is 467 Å². The minimum atomic E-state index is -1.51. The van der Waals surface area contributed by atoms with Crippen LogP contribution < -0.4 is 69.1 Å². The van der Waals surface area contributed by atoms with Gasteiger partial charge in [-0.3, -0.25) is 0 Å². The zero-order valence-electron chi connectivity index (χ0n) is 65.9. The van der Waals surface area contributed by atoms with Crippen molar-refractivity contribution in [3.05, 3.63) is 510 Å². The van der Waals surface area contributed by atoms with E-state index in [-0.39, 0.29) is 20.4 Å². The van der Waals surface area contributed by atoms with Crippen LogP contribution in [0.1, 0.15) is 0 Å². The largest absolute Gasteiger partial charge is 0.492 e. The van der Waals surface area contributed by atoms with Gasteiger partial charge < -0.3 is 18.9 Å². The second kappa shape index (κ2) is 46.6. The number of hydrogen-bond donors (Lipinski definition) is 2. The van der Waals surface area contributed by atoms with Crippen LogP contribution in [0.5, 0.6) is 0 Å². The molecule has 0 amide bonds. The molecule has 2 aromatic heterocycles. The van der Waals surface area contributed by atoms with Crippen LogP contribution in [0.25, 0.3) is 55.0 Å². The molecule has 0 atom stereocenters. The fraction of sp³-hybridized carbons (Fsp3) is 0. The molecule has 2 heterocycles. The van der Waals surface area contributed by atoms with E-state index in [0.29, 0.717) is 11.0 Å². The number of furan rings is 2. The monoisotopic (exact) mass is 1970 g/mol. The maximum Gasteiger partial charge on any atom is 0.492 e. The molecule has 0 fully saturated rings. The molecule has 594 valence electrons. The summed E-state index contributed by atoms with van der Waals surface area (Å²) in [5.74, 6) is 0. The second-order valence-electron chi connectivity index (χ2n) is 27.3. The van der Waals surface area contributed by atoms with E-state index < -0.39 is 38.8 Å². The third kappa shape index (κ3) is 24.5. The van der Waals surface area contributed by atoms with Gasteiger partial charge in [-0.25, -0.2) is 0 Å². The summed E-state index contributed by atoms with van der Waals surface area (Å²) >= 11 is 9.16. The number of hydrogen-bond acceptors (Lipinski definition) is 4. The Kier molecular flexibility index (Phi) is 34.0. The van der Waals surface area contributed by atoms with Gasteiger partial charge in [-0.1, -0.05) is 487 Å². The number of benzene rings is 18. The number of fused-ring (bicyclic) bond motifs is 6. The van der Waals surface area contributed by atoms with Gasteiger partial charge in [0, 0.05) is 65.5 Å². The molecule has 0 aliphatic rings. The SMILES string of the molecule is Brc1cccc(-c2cccc3c2oc2ccccc23)c1.Brc1cccc(I)c1.OB(O)c1cccc2c1oc1ccccc12.[Pd].c1ccc(P(c2ccccc2)c2ccccc2)cc1.c1ccc(P(c2ccccc2)c2ccccc2)cc1.c1ccc(P(c2ccccc2)c2ccccc2)cc1.c1ccc(P(c2ccccc2)c2ccccc2)cc1. The van der Waals surface area contributed by atoms with Crippen molar-refractivity contribution in [2.24, 2.45) is 0 Å². The molecule has 4 nitrogen and oxygen atoms in total. The van der Waals surface area contributed by atoms with Gasteiger partial charge in [0.25, 0.3) is 0 Å². The third-order valence-electron chi connectivity index (χ3n) is 19.2. The van der Waals surface area contributed by atoms with Crippen LogP contribution >= 0.6 is 86.1 Å². The van der Waals surface area contributed by atoms with Crippen molar-refractivity contribution in [2.45, 2.75) is 0 Å². The van der Waals surface area contributed by atoms with Gasteiger partial charge in [0.15, 0.2) is 0 Å². The average molecular weight is 1970 g/mol. The second-order valence-corrected chi connectivity index (χ2v) is 39.3. The Balaban J connectivity index is 0.000000123. The van der Waals surface area contributed by atoms with Gasteiger partial charge in [-0.2, -0.15) is 0 Å². The van der Waals surface area contributed by atoms with Crippen molar-refractivity contribution >= 4 is 206 Å². The maximum absolute atomic E-state index is 9.24. The molecule has 0 radical (unpaired) electrons. The van der Waals surface area contributed by atoms with Crippen molar-refractivity contribution in [2.75, 3.05) is 0 Å². The Morgan fingerprint density at radius 3 is 0.702 bits per heavy atom. The molecule has 0 saturated carbocycles. The van der Waals surface area contributed by atoms with Crippen LogP contribution in [0, 0.1) is 3.57 Å². The van der Waals surface area contributed by atoms with Crippen molar-refractivity contribution in [3.63, 3.8) is 0 Å². The van der Waals surface area contributed by atoms with Crippen LogP contribution in [0.2, 0.25) is 0 Å². The summed E-state index contributed by atoms with van der Waals surface area (Å²) < 4.78 is 15.2. The van der Waals surface area contributed by atoms with Crippen LogP contribution in [0.4, 0.5) is 0 Å². The molecule has 0 bridgehead atoms. The van der Waals surface area contributed by atoms with Gasteiger partial charge >= 0.3 is 7.12 Å². The predicted molar refractivity (Wildman–Crippen MR) is 538 cm³/mol. The van der Waals surface area contributed by atoms with Crippen LogP contribution in [0.15, 0.2) is 515 Å². The predicted octanol–water partition coefficient (Wildman–Crippen LogP) is 24.1. The van der Waals surface area contributed by atoms with Crippen LogP contribution in [-0.4, -0.2) is 17.2 Å². The standard InChI is InChI=1S/C18H11BrO.4C18H15P.C12H9BO3.C6H4BrI.Pd/c19-13-6-3-5-12(11-13)14-8-4-9-16-15-7-1-2-10-17(15)20-18(14)16;4*1-4-10-16(11-5-1)19(17-12-6-2-7-13-17)18-14-8-3-9-15-18;14-13(15)10-6-3-5-9-8-4-1-2-7-11(8)16-12(9)10;7-5-2-1-3-6(8)4-5;/h1-11H;4*1-15H;1-7,14-15H;1-4H;. The molecular weight excluding hydrogens is 1890 g/mol. The molecular formula is C108H84BBr2IO4P4Pd. The molecule has 0 unspecified atom stereocenters. The first-order chi connectivity index (χ1) is 59.2. The quantitative estimate of drug-likeness (QED) is 0.0647. The summed E-state index contributed by atoms with van der Waals surface area (Å²) in [5, 5.41) is 39.5. The van der Waals surface area contributed by atoms with E-state index in [9.17, 15) is 10.0 Å². The normalized spacial score (nSPS) is 10.6.